The molecule has 0 radical (unpaired) electrons. The Bertz CT molecular complexity index is 1000. The molecule has 1 fully saturated rings. The summed E-state index contributed by atoms with van der Waals surface area (Å²) in [6, 6.07) is 11.4. The summed E-state index contributed by atoms with van der Waals surface area (Å²) in [5.41, 5.74) is 2.00. The Hall–Kier alpha value is -2.02. The average Bonchev–Trinajstić information content (AvgIpc) is 3.06. The van der Waals surface area contributed by atoms with Gasteiger partial charge in [-0.3, -0.25) is 0 Å². The molecule has 5 nitrogen and oxygen atoms in total. The lowest BCUT2D eigenvalue weighted by atomic mass is 9.79. The molecule has 0 atom stereocenters. The summed E-state index contributed by atoms with van der Waals surface area (Å²) in [5, 5.41) is 0.503. The summed E-state index contributed by atoms with van der Waals surface area (Å²) < 4.78 is 20.1. The van der Waals surface area contributed by atoms with Gasteiger partial charge in [0.1, 0.15) is 11.5 Å². The van der Waals surface area contributed by atoms with E-state index < -0.39 is 18.3 Å². The van der Waals surface area contributed by atoms with E-state index in [0.29, 0.717) is 16.5 Å². The third-order valence-corrected chi connectivity index (χ3v) is 5.70. The van der Waals surface area contributed by atoms with Crippen molar-refractivity contribution >= 4 is 35.2 Å². The van der Waals surface area contributed by atoms with E-state index in [1.807, 2.05) is 75.7 Å². The van der Waals surface area contributed by atoms with Gasteiger partial charge in [0.05, 0.1) is 33.6 Å². The highest BCUT2D eigenvalue weighted by Gasteiger charge is 2.51. The van der Waals surface area contributed by atoms with E-state index in [-0.39, 0.29) is 0 Å². The molecule has 0 N–H and O–H groups in total. The Kier molecular flexibility index (Phi) is 4.26. The molecule has 0 spiro atoms. The first-order valence-corrected chi connectivity index (χ1v) is 9.28. The van der Waals surface area contributed by atoms with Crippen molar-refractivity contribution in [1.82, 2.24) is 9.55 Å². The van der Waals surface area contributed by atoms with Crippen molar-refractivity contribution in [3.05, 3.63) is 47.7 Å². The van der Waals surface area contributed by atoms with Crippen molar-refractivity contribution in [2.45, 2.75) is 38.9 Å². The second-order valence-electron chi connectivity index (χ2n) is 7.89. The van der Waals surface area contributed by atoms with Crippen molar-refractivity contribution in [3.63, 3.8) is 0 Å². The van der Waals surface area contributed by atoms with Gasteiger partial charge in [-0.1, -0.05) is 17.7 Å². The van der Waals surface area contributed by atoms with Crippen LogP contribution in [0.4, 0.5) is 0 Å². The molecule has 2 aromatic carbocycles. The summed E-state index contributed by atoms with van der Waals surface area (Å²) in [7, 11) is 1.51. The van der Waals surface area contributed by atoms with E-state index in [0.717, 1.165) is 16.5 Å². The molecule has 1 saturated heterocycles. The lowest BCUT2D eigenvalue weighted by molar-refractivity contribution is 0.00578. The van der Waals surface area contributed by atoms with Gasteiger partial charge in [-0.15, -0.1) is 0 Å². The Balaban J connectivity index is 1.56. The SMILES string of the molecule is Cn1cnc2cc(Oc3ccc(B4OC(C)(C)C(C)(C)O4)cc3Cl)ccc21. The van der Waals surface area contributed by atoms with Crippen molar-refractivity contribution in [2.24, 2.45) is 7.05 Å². The number of imidazole rings is 1. The average molecular weight is 385 g/mol. The number of fused-ring (bicyclic) bond motifs is 1. The molecule has 0 bridgehead atoms. The molecule has 140 valence electrons. The molecule has 2 heterocycles. The van der Waals surface area contributed by atoms with Crippen LogP contribution in [0.2, 0.25) is 5.02 Å². The number of ether oxygens (including phenoxy) is 1. The fourth-order valence-electron chi connectivity index (χ4n) is 3.03. The number of halogens is 1. The zero-order chi connectivity index (χ0) is 19.4. The molecule has 7 heteroatoms. The maximum Gasteiger partial charge on any atom is 0.494 e. The van der Waals surface area contributed by atoms with Gasteiger partial charge in [0.15, 0.2) is 0 Å². The van der Waals surface area contributed by atoms with Crippen molar-refractivity contribution < 1.29 is 14.0 Å². The Morgan fingerprint density at radius 3 is 2.41 bits per heavy atom. The molecular weight excluding hydrogens is 362 g/mol. The van der Waals surface area contributed by atoms with Crippen LogP contribution in [-0.4, -0.2) is 27.9 Å². The number of benzene rings is 2. The van der Waals surface area contributed by atoms with Crippen LogP contribution in [0.3, 0.4) is 0 Å². The van der Waals surface area contributed by atoms with Crippen LogP contribution in [0.1, 0.15) is 27.7 Å². The highest BCUT2D eigenvalue weighted by atomic mass is 35.5. The minimum Gasteiger partial charge on any atom is -0.456 e. The molecule has 0 saturated carbocycles. The molecule has 1 aliphatic rings. The van der Waals surface area contributed by atoms with E-state index in [2.05, 4.69) is 4.98 Å². The third-order valence-electron chi connectivity index (χ3n) is 5.41. The topological polar surface area (TPSA) is 45.5 Å². The first-order valence-electron chi connectivity index (χ1n) is 8.90. The molecule has 4 rings (SSSR count). The van der Waals surface area contributed by atoms with Crippen molar-refractivity contribution in [3.8, 4) is 11.5 Å². The fraction of sp³-hybridized carbons (Fsp3) is 0.350. The third kappa shape index (κ3) is 3.22. The predicted octanol–water partition coefficient (Wildman–Crippen LogP) is 4.32. The Morgan fingerprint density at radius 1 is 1.04 bits per heavy atom. The van der Waals surface area contributed by atoms with E-state index in [1.165, 1.54) is 0 Å². The summed E-state index contributed by atoms with van der Waals surface area (Å²) in [4.78, 5) is 4.35. The second-order valence-corrected chi connectivity index (χ2v) is 8.29. The summed E-state index contributed by atoms with van der Waals surface area (Å²) in [6.45, 7) is 8.11. The van der Waals surface area contributed by atoms with Crippen LogP contribution < -0.4 is 10.2 Å². The molecule has 27 heavy (non-hydrogen) atoms. The van der Waals surface area contributed by atoms with Crippen LogP contribution >= 0.6 is 11.6 Å². The number of aromatic nitrogens is 2. The van der Waals surface area contributed by atoms with Crippen LogP contribution in [0.25, 0.3) is 11.0 Å². The van der Waals surface area contributed by atoms with Gasteiger partial charge in [-0.25, -0.2) is 4.98 Å². The largest absolute Gasteiger partial charge is 0.494 e. The van der Waals surface area contributed by atoms with Gasteiger partial charge in [0.2, 0.25) is 0 Å². The second kappa shape index (κ2) is 6.26. The predicted molar refractivity (Wildman–Crippen MR) is 108 cm³/mol. The van der Waals surface area contributed by atoms with Gasteiger partial charge in [-0.05, 0) is 57.4 Å². The summed E-state index contributed by atoms with van der Waals surface area (Å²) in [6.07, 6.45) is 1.78. The normalized spacial score (nSPS) is 18.2. The molecule has 0 aliphatic carbocycles. The first kappa shape index (κ1) is 18.4. The maximum atomic E-state index is 6.47. The van der Waals surface area contributed by atoms with Crippen LogP contribution in [-0.2, 0) is 16.4 Å². The van der Waals surface area contributed by atoms with Crippen molar-refractivity contribution in [1.29, 1.82) is 0 Å². The molecule has 1 aromatic heterocycles. The van der Waals surface area contributed by atoms with Gasteiger partial charge in [0, 0.05) is 13.1 Å². The fourth-order valence-corrected chi connectivity index (χ4v) is 3.26. The van der Waals surface area contributed by atoms with E-state index in [9.17, 15) is 0 Å². The van der Waals surface area contributed by atoms with E-state index >= 15 is 0 Å². The number of hydrogen-bond donors (Lipinski definition) is 0. The number of aryl methyl sites for hydroxylation is 1. The Labute approximate surface area is 164 Å². The first-order chi connectivity index (χ1) is 12.7. The molecular formula is C20H22BClN2O3. The van der Waals surface area contributed by atoms with Gasteiger partial charge >= 0.3 is 7.12 Å². The zero-order valence-corrected chi connectivity index (χ0v) is 16.9. The minimum atomic E-state index is -0.452. The van der Waals surface area contributed by atoms with E-state index in [1.54, 1.807) is 6.33 Å². The van der Waals surface area contributed by atoms with Gasteiger partial charge in [-0.2, -0.15) is 0 Å². The number of nitrogens with zero attached hydrogens (tertiary/aromatic N) is 2. The quantitative estimate of drug-likeness (QED) is 0.631. The van der Waals surface area contributed by atoms with E-state index in [4.69, 9.17) is 25.6 Å². The summed E-state index contributed by atoms with van der Waals surface area (Å²) in [5.74, 6) is 1.26. The Morgan fingerprint density at radius 2 is 1.74 bits per heavy atom. The lowest BCUT2D eigenvalue weighted by Crippen LogP contribution is -2.41. The maximum absolute atomic E-state index is 6.47. The smallest absolute Gasteiger partial charge is 0.456 e. The molecule has 0 unspecified atom stereocenters. The molecule has 0 amide bonds. The monoisotopic (exact) mass is 384 g/mol. The van der Waals surface area contributed by atoms with Gasteiger partial charge < -0.3 is 18.6 Å². The van der Waals surface area contributed by atoms with Crippen LogP contribution in [0.15, 0.2) is 42.7 Å². The molecule has 3 aromatic rings. The minimum absolute atomic E-state index is 0.391. The van der Waals surface area contributed by atoms with Crippen LogP contribution in [0, 0.1) is 0 Å². The number of hydrogen-bond acceptors (Lipinski definition) is 4. The van der Waals surface area contributed by atoms with Gasteiger partial charge in [0.25, 0.3) is 0 Å². The van der Waals surface area contributed by atoms with Crippen molar-refractivity contribution in [2.75, 3.05) is 0 Å². The summed E-state index contributed by atoms with van der Waals surface area (Å²) >= 11 is 6.47. The zero-order valence-electron chi connectivity index (χ0n) is 16.1. The highest BCUT2D eigenvalue weighted by molar-refractivity contribution is 6.62. The highest BCUT2D eigenvalue weighted by Crippen LogP contribution is 2.37. The lowest BCUT2D eigenvalue weighted by Gasteiger charge is -2.32. The molecule has 1 aliphatic heterocycles. The van der Waals surface area contributed by atoms with Crippen LogP contribution in [0.5, 0.6) is 11.5 Å². The number of rotatable bonds is 3. The standard InChI is InChI=1S/C20H22BClN2O3/c1-19(2)20(3,4)27-21(26-19)13-6-9-18(15(22)10-13)25-14-7-8-17-16(11-14)23-12-24(17)5/h6-12H,1-5H3.